The lowest BCUT2D eigenvalue weighted by molar-refractivity contribution is 0.420. The van der Waals surface area contributed by atoms with E-state index in [1.54, 1.807) is 11.9 Å². The van der Waals surface area contributed by atoms with Gasteiger partial charge in [0.2, 0.25) is 0 Å². The van der Waals surface area contributed by atoms with E-state index < -0.39 is 0 Å². The van der Waals surface area contributed by atoms with Crippen LogP contribution in [-0.2, 0) is 0 Å². The van der Waals surface area contributed by atoms with Crippen LogP contribution in [0.15, 0.2) is 24.3 Å². The molecule has 5 nitrogen and oxygen atoms in total. The highest BCUT2D eigenvalue weighted by Gasteiger charge is 2.21. The molecule has 2 aromatic rings. The fourth-order valence-corrected chi connectivity index (χ4v) is 3.39. The molecule has 0 saturated heterocycles. The van der Waals surface area contributed by atoms with Crippen LogP contribution in [0, 0.1) is 6.92 Å². The first-order chi connectivity index (χ1) is 12.0. The number of nitrogens with two attached hydrogens (primary N) is 1. The molecule has 1 aromatic carbocycles. The molecule has 3 rings (SSSR count). The van der Waals surface area contributed by atoms with Crippen molar-refractivity contribution in [3.8, 4) is 0 Å². The second kappa shape index (κ2) is 7.44. The molecule has 25 heavy (non-hydrogen) atoms. The van der Waals surface area contributed by atoms with E-state index in [0.29, 0.717) is 5.82 Å². The Bertz CT molecular complexity index is 758. The summed E-state index contributed by atoms with van der Waals surface area (Å²) in [6, 6.07) is 8.75. The van der Waals surface area contributed by atoms with Gasteiger partial charge in [-0.05, 0) is 43.4 Å². The minimum atomic E-state index is 0.542. The summed E-state index contributed by atoms with van der Waals surface area (Å²) in [4.78, 5) is 4.34. The van der Waals surface area contributed by atoms with Gasteiger partial charge in [0.25, 0.3) is 0 Å². The quantitative estimate of drug-likeness (QED) is 0.649. The van der Waals surface area contributed by atoms with Crippen LogP contribution < -0.4 is 20.7 Å². The average Bonchev–Trinajstić information content (AvgIpc) is 2.57. The highest BCUT2D eigenvalue weighted by atomic mass is 32.2. The Labute approximate surface area is 154 Å². The van der Waals surface area contributed by atoms with Crippen molar-refractivity contribution < 1.29 is 0 Å². The second-order valence-electron chi connectivity index (χ2n) is 6.52. The first kappa shape index (κ1) is 17.7. The van der Waals surface area contributed by atoms with Crippen LogP contribution in [0.4, 0.5) is 28.7 Å². The third-order valence-electron chi connectivity index (χ3n) is 5.05. The lowest BCUT2D eigenvalue weighted by Gasteiger charge is -2.28. The largest absolute Gasteiger partial charge is 0.383 e. The van der Waals surface area contributed by atoms with E-state index in [9.17, 15) is 0 Å². The fraction of sp³-hybridized carbons (Fsp3) is 0.421. The van der Waals surface area contributed by atoms with Crippen molar-refractivity contribution in [1.82, 2.24) is 4.98 Å². The number of nitrogens with zero attached hydrogens (tertiary/aromatic N) is 2. The van der Waals surface area contributed by atoms with Crippen molar-refractivity contribution in [1.29, 1.82) is 0 Å². The Kier molecular flexibility index (Phi) is 5.27. The molecule has 0 spiro atoms. The van der Waals surface area contributed by atoms with Crippen molar-refractivity contribution in [3.05, 3.63) is 35.4 Å². The number of rotatable bonds is 6. The topological polar surface area (TPSA) is 66.2 Å². The summed E-state index contributed by atoms with van der Waals surface area (Å²) in [5.74, 6) is 2.02. The number of nitrogens with one attached hydrogen (secondary N) is 2. The monoisotopic (exact) mass is 357 g/mol. The van der Waals surface area contributed by atoms with Crippen molar-refractivity contribution in [2.75, 3.05) is 41.0 Å². The van der Waals surface area contributed by atoms with Gasteiger partial charge in [-0.25, -0.2) is 4.98 Å². The molecule has 1 aliphatic carbocycles. The van der Waals surface area contributed by atoms with E-state index in [1.807, 2.05) is 20.0 Å². The third-order valence-corrected chi connectivity index (χ3v) is 5.79. The summed E-state index contributed by atoms with van der Waals surface area (Å²) in [6.07, 6.45) is 6.05. The predicted octanol–water partition coefficient (Wildman–Crippen LogP) is 4.74. The maximum absolute atomic E-state index is 6.06. The minimum Gasteiger partial charge on any atom is -0.383 e. The van der Waals surface area contributed by atoms with Gasteiger partial charge in [-0.2, -0.15) is 0 Å². The SMILES string of the molecule is CNc1cc(Nc2ccc(C3CCC3)cc2N(C)SC)c(C)c(N)n1. The van der Waals surface area contributed by atoms with Crippen LogP contribution in [0.25, 0.3) is 0 Å². The molecular formula is C19H27N5S. The van der Waals surface area contributed by atoms with Gasteiger partial charge in [0.1, 0.15) is 11.6 Å². The number of nitrogen functional groups attached to an aromatic ring is 1. The summed E-state index contributed by atoms with van der Waals surface area (Å²) in [5, 5.41) is 6.62. The second-order valence-corrected chi connectivity index (χ2v) is 7.44. The van der Waals surface area contributed by atoms with Gasteiger partial charge in [-0.15, -0.1) is 0 Å². The Morgan fingerprint density at radius 1 is 1.24 bits per heavy atom. The van der Waals surface area contributed by atoms with Crippen LogP contribution >= 0.6 is 11.9 Å². The molecule has 134 valence electrons. The third kappa shape index (κ3) is 3.63. The zero-order valence-electron chi connectivity index (χ0n) is 15.4. The lowest BCUT2D eigenvalue weighted by Crippen LogP contribution is -2.13. The summed E-state index contributed by atoms with van der Waals surface area (Å²) >= 11 is 1.71. The molecule has 4 N–H and O–H groups in total. The Morgan fingerprint density at radius 2 is 2.00 bits per heavy atom. The van der Waals surface area contributed by atoms with E-state index in [-0.39, 0.29) is 0 Å². The van der Waals surface area contributed by atoms with E-state index in [4.69, 9.17) is 5.73 Å². The number of hydrogen-bond donors (Lipinski definition) is 3. The smallest absolute Gasteiger partial charge is 0.130 e. The molecule has 0 aliphatic heterocycles. The normalized spacial score (nSPS) is 14.1. The van der Waals surface area contributed by atoms with Gasteiger partial charge < -0.3 is 20.7 Å². The number of aromatic nitrogens is 1. The summed E-state index contributed by atoms with van der Waals surface area (Å²) in [7, 11) is 3.95. The summed E-state index contributed by atoms with van der Waals surface area (Å²) < 4.78 is 2.20. The zero-order valence-corrected chi connectivity index (χ0v) is 16.2. The van der Waals surface area contributed by atoms with Gasteiger partial charge in [0.15, 0.2) is 0 Å². The average molecular weight is 358 g/mol. The molecule has 0 amide bonds. The number of hydrogen-bond acceptors (Lipinski definition) is 6. The van der Waals surface area contributed by atoms with Gasteiger partial charge in [0.05, 0.1) is 11.4 Å². The lowest BCUT2D eigenvalue weighted by atomic mass is 9.80. The highest BCUT2D eigenvalue weighted by Crippen LogP contribution is 2.41. The van der Waals surface area contributed by atoms with Crippen molar-refractivity contribution in [2.24, 2.45) is 0 Å². The van der Waals surface area contributed by atoms with Gasteiger partial charge in [-0.3, -0.25) is 0 Å². The van der Waals surface area contributed by atoms with Crippen LogP contribution in [0.1, 0.15) is 36.3 Å². The van der Waals surface area contributed by atoms with Gasteiger partial charge >= 0.3 is 0 Å². The molecule has 0 bridgehead atoms. The minimum absolute atomic E-state index is 0.542. The zero-order chi connectivity index (χ0) is 18.0. The fourth-order valence-electron chi connectivity index (χ4n) is 3.04. The maximum atomic E-state index is 6.06. The van der Waals surface area contributed by atoms with Gasteiger partial charge in [-0.1, -0.05) is 24.4 Å². The van der Waals surface area contributed by atoms with Gasteiger partial charge in [0, 0.05) is 37.7 Å². The number of anilines is 5. The van der Waals surface area contributed by atoms with Crippen LogP contribution in [0.2, 0.25) is 0 Å². The summed E-state index contributed by atoms with van der Waals surface area (Å²) in [6.45, 7) is 1.99. The van der Waals surface area contributed by atoms with E-state index >= 15 is 0 Å². The Morgan fingerprint density at radius 3 is 2.60 bits per heavy atom. The number of benzene rings is 1. The van der Waals surface area contributed by atoms with Crippen molar-refractivity contribution >= 4 is 40.6 Å². The molecule has 0 atom stereocenters. The van der Waals surface area contributed by atoms with Crippen LogP contribution in [0.5, 0.6) is 0 Å². The maximum Gasteiger partial charge on any atom is 0.130 e. The number of pyridine rings is 1. The molecule has 6 heteroatoms. The van der Waals surface area contributed by atoms with E-state index in [2.05, 4.69) is 51.4 Å². The molecule has 1 fully saturated rings. The van der Waals surface area contributed by atoms with Crippen molar-refractivity contribution in [3.63, 3.8) is 0 Å². The Hall–Kier alpha value is -2.08. The van der Waals surface area contributed by atoms with Crippen LogP contribution in [0.3, 0.4) is 0 Å². The summed E-state index contributed by atoms with van der Waals surface area (Å²) in [5.41, 5.74) is 11.7. The Balaban J connectivity index is 1.97. The molecule has 0 radical (unpaired) electrons. The van der Waals surface area contributed by atoms with Crippen molar-refractivity contribution in [2.45, 2.75) is 32.1 Å². The first-order valence-electron chi connectivity index (χ1n) is 8.67. The molecule has 1 aromatic heterocycles. The predicted molar refractivity (Wildman–Crippen MR) is 111 cm³/mol. The van der Waals surface area contributed by atoms with Crippen LogP contribution in [-0.4, -0.2) is 25.3 Å². The standard InChI is InChI=1S/C19H27N5S/c1-12-16(11-18(21-2)23-19(12)20)22-15-9-8-14(13-6-5-7-13)10-17(15)24(3)25-4/h8-11,13H,5-7H2,1-4H3,(H4,20,21,22,23). The molecule has 1 aliphatic rings. The molecule has 1 saturated carbocycles. The van der Waals surface area contributed by atoms with E-state index in [1.165, 1.54) is 30.5 Å². The first-order valence-corrected chi connectivity index (χ1v) is 9.85. The highest BCUT2D eigenvalue weighted by molar-refractivity contribution is 7.99. The molecule has 0 unspecified atom stereocenters. The molecule has 1 heterocycles. The van der Waals surface area contributed by atoms with E-state index in [0.717, 1.165) is 28.7 Å². The molecular weight excluding hydrogens is 330 g/mol.